The number of esters is 1. The van der Waals surface area contributed by atoms with E-state index >= 15 is 0 Å². The fraction of sp³-hybridized carbons (Fsp3) is 0.733. The molecule has 0 aliphatic heterocycles. The van der Waals surface area contributed by atoms with Gasteiger partial charge in [0, 0.05) is 13.0 Å². The van der Waals surface area contributed by atoms with E-state index in [9.17, 15) is 66.5 Å². The van der Waals surface area contributed by atoms with E-state index in [4.69, 9.17) is 0 Å². The van der Waals surface area contributed by atoms with Crippen LogP contribution in [0.5, 0.6) is 0 Å². The second kappa shape index (κ2) is 10.6. The van der Waals surface area contributed by atoms with E-state index in [0.717, 1.165) is 6.92 Å². The van der Waals surface area contributed by atoms with Gasteiger partial charge in [-0.1, -0.05) is 6.58 Å². The first-order valence-electron chi connectivity index (χ1n) is 8.67. The van der Waals surface area contributed by atoms with Crippen molar-refractivity contribution in [2.45, 2.75) is 55.5 Å². The standard InChI is InChI=1S/C15H17F10NO7S/c1-3-26-10(28)12(14(21,22)23,33-9(27)8(2)13(18,19)20)32-7-5-4-6-11(16,17)15(24,25)34(29,30)31/h2-7H2,1H3,(H,26,28)(H,29,30,31)/p-1. The van der Waals surface area contributed by atoms with Gasteiger partial charge in [-0.25, -0.2) is 13.2 Å². The van der Waals surface area contributed by atoms with Crippen LogP contribution < -0.4 is 5.32 Å². The van der Waals surface area contributed by atoms with Crippen LogP contribution in [0.4, 0.5) is 43.9 Å². The number of ether oxygens (including phenoxy) is 2. The van der Waals surface area contributed by atoms with E-state index in [2.05, 4.69) is 16.1 Å². The molecule has 8 nitrogen and oxygen atoms in total. The Labute approximate surface area is 185 Å². The van der Waals surface area contributed by atoms with E-state index < -0.39 is 89.3 Å². The summed E-state index contributed by atoms with van der Waals surface area (Å²) in [6.07, 6.45) is -16.0. The molecule has 34 heavy (non-hydrogen) atoms. The van der Waals surface area contributed by atoms with Gasteiger partial charge in [0.25, 0.3) is 0 Å². The lowest BCUT2D eigenvalue weighted by Gasteiger charge is -2.33. The molecule has 0 radical (unpaired) electrons. The van der Waals surface area contributed by atoms with Gasteiger partial charge in [0.05, 0.1) is 6.61 Å². The summed E-state index contributed by atoms with van der Waals surface area (Å²) in [5.41, 5.74) is -2.46. The maximum atomic E-state index is 13.6. The van der Waals surface area contributed by atoms with Crippen molar-refractivity contribution in [2.75, 3.05) is 13.2 Å². The number of carbonyl (C=O) groups excluding carboxylic acids is 2. The Morgan fingerprint density at radius 2 is 1.47 bits per heavy atom. The average Bonchev–Trinajstić information content (AvgIpc) is 2.63. The number of hydrogen-bond donors (Lipinski definition) is 1. The van der Waals surface area contributed by atoms with Gasteiger partial charge in [0.1, 0.15) is 5.57 Å². The van der Waals surface area contributed by atoms with Gasteiger partial charge < -0.3 is 19.3 Å². The van der Waals surface area contributed by atoms with Gasteiger partial charge in [-0.3, -0.25) is 4.79 Å². The zero-order chi connectivity index (χ0) is 27.4. The Morgan fingerprint density at radius 1 is 0.971 bits per heavy atom. The fourth-order valence-electron chi connectivity index (χ4n) is 1.99. The van der Waals surface area contributed by atoms with Crippen molar-refractivity contribution in [3.05, 3.63) is 12.2 Å². The third-order valence-electron chi connectivity index (χ3n) is 3.76. The van der Waals surface area contributed by atoms with Gasteiger partial charge in [-0.15, -0.1) is 0 Å². The van der Waals surface area contributed by atoms with E-state index in [1.165, 1.54) is 5.32 Å². The number of unbranched alkanes of at least 4 members (excludes halogenated alkanes) is 1. The third kappa shape index (κ3) is 7.17. The minimum absolute atomic E-state index is 0.581. The minimum atomic E-state index is -6.82. The van der Waals surface area contributed by atoms with Crippen LogP contribution in [-0.4, -0.2) is 67.3 Å². The van der Waals surface area contributed by atoms with Crippen molar-refractivity contribution in [2.24, 2.45) is 0 Å². The van der Waals surface area contributed by atoms with Gasteiger partial charge in [-0.05, 0) is 19.8 Å². The summed E-state index contributed by atoms with van der Waals surface area (Å²) in [5.74, 6) is -15.3. The molecule has 1 amide bonds. The molecule has 0 aromatic rings. The van der Waals surface area contributed by atoms with E-state index in [1.54, 1.807) is 0 Å². The van der Waals surface area contributed by atoms with E-state index in [1.807, 2.05) is 0 Å². The highest BCUT2D eigenvalue weighted by molar-refractivity contribution is 7.86. The zero-order valence-electron chi connectivity index (χ0n) is 16.8. The Hall–Kier alpha value is -2.15. The molecule has 0 aliphatic rings. The highest BCUT2D eigenvalue weighted by atomic mass is 32.2. The lowest BCUT2D eigenvalue weighted by molar-refractivity contribution is -0.347. The molecule has 0 saturated heterocycles. The number of halogens is 10. The number of amides is 1. The molecular formula is C15H16F10NO7S-. The van der Waals surface area contributed by atoms with Crippen LogP contribution in [0.3, 0.4) is 0 Å². The maximum absolute atomic E-state index is 13.6. The Morgan fingerprint density at radius 3 is 1.85 bits per heavy atom. The van der Waals surface area contributed by atoms with Gasteiger partial charge in [0.2, 0.25) is 0 Å². The second-order valence-corrected chi connectivity index (χ2v) is 7.74. The average molecular weight is 544 g/mol. The zero-order valence-corrected chi connectivity index (χ0v) is 17.6. The van der Waals surface area contributed by atoms with Crippen molar-refractivity contribution in [1.29, 1.82) is 0 Å². The summed E-state index contributed by atoms with van der Waals surface area (Å²) in [5, 5.41) is -4.58. The number of carbonyl (C=O) groups is 2. The molecule has 1 unspecified atom stereocenters. The number of likely N-dealkylation sites (N-methyl/N-ethyl adjacent to an activating group) is 1. The molecule has 0 aromatic heterocycles. The molecule has 0 bridgehead atoms. The minimum Gasteiger partial charge on any atom is -0.743 e. The van der Waals surface area contributed by atoms with Crippen LogP contribution in [0.15, 0.2) is 12.2 Å². The second-order valence-electron chi connectivity index (χ2n) is 6.32. The Balaban J connectivity index is 5.68. The third-order valence-corrected chi connectivity index (χ3v) is 4.69. The highest BCUT2D eigenvalue weighted by Crippen LogP contribution is 2.42. The topological polar surface area (TPSA) is 122 Å². The van der Waals surface area contributed by atoms with Crippen LogP contribution in [-0.2, 0) is 29.2 Å². The first-order valence-corrected chi connectivity index (χ1v) is 10.1. The monoisotopic (exact) mass is 544 g/mol. The Bertz CT molecular complexity index is 870. The maximum Gasteiger partial charge on any atom is 0.466 e. The number of nitrogens with one attached hydrogen (secondary N) is 1. The molecule has 200 valence electrons. The van der Waals surface area contributed by atoms with Crippen LogP contribution in [0.1, 0.15) is 26.2 Å². The summed E-state index contributed by atoms with van der Waals surface area (Å²) in [4.78, 5) is 23.4. The summed E-state index contributed by atoms with van der Waals surface area (Å²) in [6, 6.07) is 0. The smallest absolute Gasteiger partial charge is 0.466 e. The number of rotatable bonds is 12. The van der Waals surface area contributed by atoms with Crippen molar-refractivity contribution in [3.63, 3.8) is 0 Å². The molecule has 1 atom stereocenters. The molecular weight excluding hydrogens is 528 g/mol. The van der Waals surface area contributed by atoms with Crippen LogP contribution >= 0.6 is 0 Å². The molecule has 1 N–H and O–H groups in total. The van der Waals surface area contributed by atoms with E-state index in [-0.39, 0.29) is 0 Å². The van der Waals surface area contributed by atoms with Gasteiger partial charge in [0.15, 0.2) is 10.1 Å². The molecule has 0 saturated carbocycles. The molecule has 0 spiro atoms. The predicted octanol–water partition coefficient (Wildman–Crippen LogP) is 3.00. The van der Waals surface area contributed by atoms with Crippen molar-refractivity contribution in [1.82, 2.24) is 5.32 Å². The first-order chi connectivity index (χ1) is 15.0. The molecule has 19 heteroatoms. The Kier molecular flexibility index (Phi) is 9.96. The van der Waals surface area contributed by atoms with Crippen LogP contribution in [0.2, 0.25) is 0 Å². The number of alkyl halides is 10. The van der Waals surface area contributed by atoms with Crippen LogP contribution in [0, 0.1) is 0 Å². The van der Waals surface area contributed by atoms with Crippen molar-refractivity contribution < 1.29 is 75.9 Å². The fourth-order valence-corrected chi connectivity index (χ4v) is 2.46. The lowest BCUT2D eigenvalue weighted by Crippen LogP contribution is -2.61. The molecule has 0 aliphatic carbocycles. The van der Waals surface area contributed by atoms with Crippen molar-refractivity contribution >= 4 is 22.0 Å². The molecule has 0 heterocycles. The van der Waals surface area contributed by atoms with Crippen molar-refractivity contribution in [3.8, 4) is 0 Å². The number of hydrogen-bond acceptors (Lipinski definition) is 7. The summed E-state index contributed by atoms with van der Waals surface area (Å²) in [7, 11) is -6.82. The molecule has 0 aromatic carbocycles. The quantitative estimate of drug-likeness (QED) is 0.100. The normalized spacial score (nSPS) is 15.4. The van der Waals surface area contributed by atoms with Crippen LogP contribution in [0.25, 0.3) is 0 Å². The molecule has 0 fully saturated rings. The summed E-state index contributed by atoms with van der Waals surface area (Å²) < 4.78 is 170. The summed E-state index contributed by atoms with van der Waals surface area (Å²) in [6.45, 7) is 1.18. The SMILES string of the molecule is C=C(C(=O)OC(OCCCCC(F)(F)C(F)(F)S(=O)(=O)[O-])(C(=O)NCC)C(F)(F)F)C(F)(F)F. The summed E-state index contributed by atoms with van der Waals surface area (Å²) >= 11 is 0. The largest absolute Gasteiger partial charge is 0.743 e. The lowest BCUT2D eigenvalue weighted by atomic mass is 10.1. The molecule has 0 rings (SSSR count). The van der Waals surface area contributed by atoms with E-state index in [0.29, 0.717) is 0 Å². The van der Waals surface area contributed by atoms with Gasteiger partial charge >= 0.3 is 41.2 Å². The highest BCUT2D eigenvalue weighted by Gasteiger charge is 2.67. The predicted molar refractivity (Wildman–Crippen MR) is 88.2 cm³/mol. The first kappa shape index (κ1) is 31.9. The van der Waals surface area contributed by atoms with Gasteiger partial charge in [-0.2, -0.15) is 43.9 Å².